The number of alkyl halides is 3. The molecule has 0 unspecified atom stereocenters. The molecule has 2 aromatic rings. The van der Waals surface area contributed by atoms with Crippen LogP contribution in [0.3, 0.4) is 0 Å². The first kappa shape index (κ1) is 21.2. The number of carbonyl (C=O) groups is 1. The second-order valence-corrected chi connectivity index (χ2v) is 7.12. The lowest BCUT2D eigenvalue weighted by molar-refractivity contribution is -0.138. The minimum Gasteiger partial charge on any atom is -0.495 e. The molecule has 1 aliphatic heterocycles. The van der Waals surface area contributed by atoms with Gasteiger partial charge in [-0.1, -0.05) is 17.7 Å². The molecule has 1 N–H and O–H groups in total. The Kier molecular flexibility index (Phi) is 6.16. The lowest BCUT2D eigenvalue weighted by atomic mass is 9.89. The van der Waals surface area contributed by atoms with Crippen molar-refractivity contribution in [2.24, 2.45) is 0 Å². The third kappa shape index (κ3) is 4.90. The predicted octanol–water partition coefficient (Wildman–Crippen LogP) is 4.63. The van der Waals surface area contributed by atoms with Crippen molar-refractivity contribution < 1.29 is 22.7 Å². The van der Waals surface area contributed by atoms with Gasteiger partial charge in [0, 0.05) is 26.2 Å². The Balaban J connectivity index is 1.76. The van der Waals surface area contributed by atoms with E-state index in [1.54, 1.807) is 13.0 Å². The van der Waals surface area contributed by atoms with E-state index in [0.717, 1.165) is 18.4 Å². The molecule has 156 valence electrons. The summed E-state index contributed by atoms with van der Waals surface area (Å²) < 4.78 is 43.8. The van der Waals surface area contributed by atoms with Crippen LogP contribution in [0.2, 0.25) is 5.15 Å². The summed E-state index contributed by atoms with van der Waals surface area (Å²) in [5.41, 5.74) is 0.485. The molecule has 1 aliphatic rings. The summed E-state index contributed by atoms with van der Waals surface area (Å²) in [4.78, 5) is 20.7. The van der Waals surface area contributed by atoms with E-state index in [9.17, 15) is 18.0 Å². The average Bonchev–Trinajstić information content (AvgIpc) is 2.67. The number of methoxy groups -OCH3 is 1. The summed E-state index contributed by atoms with van der Waals surface area (Å²) >= 11 is 5.64. The Morgan fingerprint density at radius 2 is 2.00 bits per heavy atom. The number of hydrogen-bond donors (Lipinski definition) is 1. The highest BCUT2D eigenvalue weighted by atomic mass is 35.5. The Morgan fingerprint density at radius 3 is 2.55 bits per heavy atom. The Labute approximate surface area is 171 Å². The van der Waals surface area contributed by atoms with Gasteiger partial charge in [-0.3, -0.25) is 4.79 Å². The average molecular weight is 429 g/mol. The van der Waals surface area contributed by atoms with Crippen molar-refractivity contribution in [3.63, 3.8) is 0 Å². The third-order valence-electron chi connectivity index (χ3n) is 4.93. The van der Waals surface area contributed by atoms with Gasteiger partial charge in [-0.15, -0.1) is 0 Å². The highest BCUT2D eigenvalue weighted by molar-refractivity contribution is 6.30. The van der Waals surface area contributed by atoms with Crippen LogP contribution in [0.25, 0.3) is 0 Å². The molecule has 0 spiro atoms. The van der Waals surface area contributed by atoms with Crippen molar-refractivity contribution >= 4 is 29.1 Å². The van der Waals surface area contributed by atoms with Crippen LogP contribution in [0.15, 0.2) is 24.4 Å². The molecule has 29 heavy (non-hydrogen) atoms. The predicted molar refractivity (Wildman–Crippen MR) is 103 cm³/mol. The number of aromatic nitrogens is 2. The molecular formula is C19H20ClF3N4O2. The fourth-order valence-electron chi connectivity index (χ4n) is 3.32. The number of benzene rings is 1. The van der Waals surface area contributed by atoms with E-state index in [4.69, 9.17) is 16.3 Å². The molecule has 3 rings (SSSR count). The van der Waals surface area contributed by atoms with Gasteiger partial charge in [0.2, 0.25) is 11.9 Å². The van der Waals surface area contributed by atoms with Crippen LogP contribution >= 0.6 is 11.6 Å². The van der Waals surface area contributed by atoms with Gasteiger partial charge in [0.05, 0.1) is 12.8 Å². The van der Waals surface area contributed by atoms with Gasteiger partial charge in [0.25, 0.3) is 0 Å². The first-order valence-corrected chi connectivity index (χ1v) is 9.37. The van der Waals surface area contributed by atoms with Gasteiger partial charge in [0.15, 0.2) is 0 Å². The molecule has 0 saturated carbocycles. The molecule has 1 aromatic heterocycles. The fraction of sp³-hybridized carbons (Fsp3) is 0.421. The van der Waals surface area contributed by atoms with Crippen LogP contribution in [-0.4, -0.2) is 41.0 Å². The number of piperidine rings is 1. The van der Waals surface area contributed by atoms with Crippen molar-refractivity contribution in [3.8, 4) is 5.75 Å². The van der Waals surface area contributed by atoms with Gasteiger partial charge in [-0.2, -0.15) is 13.2 Å². The maximum absolute atomic E-state index is 12.8. The Bertz CT molecular complexity index is 900. The summed E-state index contributed by atoms with van der Waals surface area (Å²) in [6, 6.07) is 5.56. The molecule has 1 fully saturated rings. The zero-order chi connectivity index (χ0) is 21.2. The van der Waals surface area contributed by atoms with Crippen LogP contribution in [0, 0.1) is 0 Å². The highest BCUT2D eigenvalue weighted by Gasteiger charge is 2.34. The third-order valence-corrected chi connectivity index (χ3v) is 5.22. The van der Waals surface area contributed by atoms with Crippen LogP contribution in [0.4, 0.5) is 24.8 Å². The van der Waals surface area contributed by atoms with Gasteiger partial charge >= 0.3 is 6.18 Å². The zero-order valence-corrected chi connectivity index (χ0v) is 16.6. The minimum atomic E-state index is -4.62. The van der Waals surface area contributed by atoms with Gasteiger partial charge < -0.3 is 15.0 Å². The summed E-state index contributed by atoms with van der Waals surface area (Å²) in [5, 5.41) is 2.17. The smallest absolute Gasteiger partial charge is 0.420 e. The summed E-state index contributed by atoms with van der Waals surface area (Å²) in [7, 11) is 1.50. The van der Waals surface area contributed by atoms with E-state index in [2.05, 4.69) is 15.3 Å². The lowest BCUT2D eigenvalue weighted by Crippen LogP contribution is -2.36. The van der Waals surface area contributed by atoms with E-state index < -0.39 is 16.9 Å². The van der Waals surface area contributed by atoms with Gasteiger partial charge in [-0.25, -0.2) is 9.97 Å². The number of carbonyl (C=O) groups excluding carboxylic acids is 1. The van der Waals surface area contributed by atoms with Crippen LogP contribution in [0.1, 0.15) is 36.8 Å². The van der Waals surface area contributed by atoms with Gasteiger partial charge in [-0.05, 0) is 36.5 Å². The first-order valence-electron chi connectivity index (χ1n) is 8.99. The molecular weight excluding hydrogens is 409 g/mol. The second kappa shape index (κ2) is 8.44. The van der Waals surface area contributed by atoms with E-state index >= 15 is 0 Å². The first-order chi connectivity index (χ1) is 13.7. The maximum atomic E-state index is 12.8. The standard InChI is InChI=1S/C19H20ClF3N4O2/c1-11(28)27-7-5-12(6-8-27)13-3-4-15(16(9-13)29-2)25-18-24-10-14(17(20)26-18)19(21,22)23/h3-4,9-10,12H,5-8H2,1-2H3,(H,24,25,26). The number of hydrogen-bond acceptors (Lipinski definition) is 5. The second-order valence-electron chi connectivity index (χ2n) is 6.76. The quantitative estimate of drug-likeness (QED) is 0.719. The van der Waals surface area contributed by atoms with Crippen molar-refractivity contribution in [2.45, 2.75) is 31.9 Å². The SMILES string of the molecule is COc1cc(C2CCN(C(C)=O)CC2)ccc1Nc1ncc(C(F)(F)F)c(Cl)n1. The lowest BCUT2D eigenvalue weighted by Gasteiger charge is -2.31. The molecule has 6 nitrogen and oxygen atoms in total. The van der Waals surface area contributed by atoms with Crippen LogP contribution < -0.4 is 10.1 Å². The number of nitrogens with zero attached hydrogens (tertiary/aromatic N) is 3. The molecule has 2 heterocycles. The number of halogens is 4. The van der Waals surface area contributed by atoms with Crippen LogP contribution in [0.5, 0.6) is 5.75 Å². The number of nitrogens with one attached hydrogen (secondary N) is 1. The summed E-state index contributed by atoms with van der Waals surface area (Å²) in [6.07, 6.45) is -2.27. The topological polar surface area (TPSA) is 67.3 Å². The molecule has 0 radical (unpaired) electrons. The monoisotopic (exact) mass is 428 g/mol. The maximum Gasteiger partial charge on any atom is 0.420 e. The fourth-order valence-corrected chi connectivity index (χ4v) is 3.56. The molecule has 1 amide bonds. The normalized spacial score (nSPS) is 15.3. The molecule has 0 bridgehead atoms. The van der Waals surface area contributed by atoms with Crippen molar-refractivity contribution in [1.82, 2.24) is 14.9 Å². The molecule has 1 aromatic carbocycles. The van der Waals surface area contributed by atoms with E-state index in [0.29, 0.717) is 36.6 Å². The summed E-state index contributed by atoms with van der Waals surface area (Å²) in [5.74, 6) is 0.820. The van der Waals surface area contributed by atoms with E-state index in [-0.39, 0.29) is 11.9 Å². The molecule has 0 atom stereocenters. The number of likely N-dealkylation sites (tertiary alicyclic amines) is 1. The Hall–Kier alpha value is -2.55. The van der Waals surface area contributed by atoms with Crippen LogP contribution in [-0.2, 0) is 11.0 Å². The van der Waals surface area contributed by atoms with E-state index in [1.165, 1.54) is 7.11 Å². The zero-order valence-electron chi connectivity index (χ0n) is 15.9. The number of anilines is 2. The number of ether oxygens (including phenoxy) is 1. The minimum absolute atomic E-state index is 0.0659. The molecule has 10 heteroatoms. The molecule has 0 aliphatic carbocycles. The largest absolute Gasteiger partial charge is 0.495 e. The van der Waals surface area contributed by atoms with E-state index in [1.807, 2.05) is 17.0 Å². The van der Waals surface area contributed by atoms with Crippen molar-refractivity contribution in [2.75, 3.05) is 25.5 Å². The number of amides is 1. The molecule has 1 saturated heterocycles. The highest BCUT2D eigenvalue weighted by Crippen LogP contribution is 2.36. The number of rotatable bonds is 4. The van der Waals surface area contributed by atoms with Crippen molar-refractivity contribution in [1.29, 1.82) is 0 Å². The van der Waals surface area contributed by atoms with Crippen molar-refractivity contribution in [3.05, 3.63) is 40.7 Å². The Morgan fingerprint density at radius 1 is 1.31 bits per heavy atom. The summed E-state index contributed by atoms with van der Waals surface area (Å²) in [6.45, 7) is 2.99. The van der Waals surface area contributed by atoms with Gasteiger partial charge in [0.1, 0.15) is 16.5 Å².